The molecule has 0 unspecified atom stereocenters. The van der Waals surface area contributed by atoms with Crippen molar-refractivity contribution >= 4 is 56.2 Å². The van der Waals surface area contributed by atoms with Gasteiger partial charge >= 0.3 is 0 Å². The predicted octanol–water partition coefficient (Wildman–Crippen LogP) is 4.19. The van der Waals surface area contributed by atoms with Gasteiger partial charge in [0.25, 0.3) is 5.91 Å². The minimum absolute atomic E-state index is 0.0177. The van der Waals surface area contributed by atoms with Gasteiger partial charge in [0, 0.05) is 11.0 Å². The number of nitrogens with zero attached hydrogens (tertiary/aromatic N) is 1. The van der Waals surface area contributed by atoms with Crippen molar-refractivity contribution in [3.05, 3.63) is 51.4 Å². The van der Waals surface area contributed by atoms with Crippen LogP contribution in [0.15, 0.2) is 45.8 Å². The molecule has 0 spiro atoms. The lowest BCUT2D eigenvalue weighted by Gasteiger charge is -2.09. The van der Waals surface area contributed by atoms with Crippen LogP contribution in [0, 0.1) is 0 Å². The van der Waals surface area contributed by atoms with Gasteiger partial charge in [0.05, 0.1) is 4.91 Å². The van der Waals surface area contributed by atoms with Crippen LogP contribution in [0.5, 0.6) is 0 Å². The molecule has 0 bridgehead atoms. The molecule has 98 valence electrons. The summed E-state index contributed by atoms with van der Waals surface area (Å²) in [6, 6.07) is 9.93. The van der Waals surface area contributed by atoms with E-state index in [4.69, 9.17) is 12.2 Å². The van der Waals surface area contributed by atoms with Crippen molar-refractivity contribution in [2.45, 2.75) is 6.92 Å². The molecule has 1 fully saturated rings. The molecule has 0 radical (unpaired) electrons. The van der Waals surface area contributed by atoms with Crippen LogP contribution in [0.25, 0.3) is 6.08 Å². The Morgan fingerprint density at radius 3 is 2.68 bits per heavy atom. The summed E-state index contributed by atoms with van der Waals surface area (Å²) in [5.41, 5.74) is 1.08. The average molecular weight is 354 g/mol. The molecule has 2 nitrogen and oxygen atoms in total. The molecule has 2 rings (SSSR count). The zero-order valence-corrected chi connectivity index (χ0v) is 13.5. The molecule has 0 aromatic heterocycles. The van der Waals surface area contributed by atoms with Crippen LogP contribution in [0.2, 0.25) is 0 Å². The Kier molecular flexibility index (Phi) is 4.96. The fraction of sp³-hybridized carbons (Fsp3) is 0.143. The van der Waals surface area contributed by atoms with E-state index in [2.05, 4.69) is 15.9 Å². The molecule has 19 heavy (non-hydrogen) atoms. The molecule has 0 saturated carbocycles. The summed E-state index contributed by atoms with van der Waals surface area (Å²) in [6.07, 6.45) is 3.79. The quantitative estimate of drug-likeness (QED) is 0.600. The molecule has 1 saturated heterocycles. The second-order valence-corrected chi connectivity index (χ2v) is 6.46. The molecule has 1 aromatic rings. The van der Waals surface area contributed by atoms with Gasteiger partial charge in [0.2, 0.25) is 0 Å². The molecule has 0 aliphatic carbocycles. The molecule has 1 heterocycles. The van der Waals surface area contributed by atoms with E-state index >= 15 is 0 Å². The summed E-state index contributed by atoms with van der Waals surface area (Å²) in [4.78, 5) is 14.3. The average Bonchev–Trinajstić information content (AvgIpc) is 2.65. The maximum Gasteiger partial charge on any atom is 0.266 e. The number of hydrogen-bond acceptors (Lipinski definition) is 3. The second kappa shape index (κ2) is 6.50. The van der Waals surface area contributed by atoms with Crippen molar-refractivity contribution in [1.29, 1.82) is 0 Å². The zero-order valence-electron chi connectivity index (χ0n) is 10.3. The summed E-state index contributed by atoms with van der Waals surface area (Å²) in [5, 5.41) is 0. The van der Waals surface area contributed by atoms with Crippen LogP contribution >= 0.6 is 39.9 Å². The molecule has 1 aromatic carbocycles. The topological polar surface area (TPSA) is 20.3 Å². The number of carbonyl (C=O) groups is 1. The lowest BCUT2D eigenvalue weighted by atomic mass is 10.2. The number of thioether (sulfide) groups is 1. The van der Waals surface area contributed by atoms with Crippen LogP contribution in [0.4, 0.5) is 0 Å². The number of rotatable bonds is 3. The second-order valence-electron chi connectivity index (χ2n) is 3.87. The van der Waals surface area contributed by atoms with E-state index in [-0.39, 0.29) is 5.91 Å². The maximum atomic E-state index is 12.0. The number of allylic oxidation sites excluding steroid dienone is 2. The monoisotopic (exact) mass is 353 g/mol. The van der Waals surface area contributed by atoms with Gasteiger partial charge in [-0.25, -0.2) is 0 Å². The molecule has 5 heteroatoms. The summed E-state index contributed by atoms with van der Waals surface area (Å²) < 4.78 is 1.48. The highest BCUT2D eigenvalue weighted by Crippen LogP contribution is 2.32. The van der Waals surface area contributed by atoms with E-state index in [1.54, 1.807) is 4.90 Å². The lowest BCUT2D eigenvalue weighted by Crippen LogP contribution is -2.27. The van der Waals surface area contributed by atoms with Gasteiger partial charge in [-0.3, -0.25) is 9.69 Å². The van der Waals surface area contributed by atoms with Crippen LogP contribution in [-0.2, 0) is 4.79 Å². The molecule has 1 aliphatic heterocycles. The standard InChI is InChI=1S/C14H12BrNOS2/c1-2-16-13(17)12(19-14(16)18)9-11(15)8-10-6-4-3-5-7-10/h3-9H,2H2,1H3/b11-8-,12-9?. The third-order valence-electron chi connectivity index (χ3n) is 2.56. The van der Waals surface area contributed by atoms with E-state index in [1.807, 2.05) is 49.4 Å². The Labute approximate surface area is 130 Å². The predicted molar refractivity (Wildman–Crippen MR) is 89.0 cm³/mol. The summed E-state index contributed by atoms with van der Waals surface area (Å²) in [5.74, 6) is -0.0177. The molecular formula is C14H12BrNOS2. The Morgan fingerprint density at radius 1 is 1.42 bits per heavy atom. The summed E-state index contributed by atoms with van der Waals surface area (Å²) in [7, 11) is 0. The van der Waals surface area contributed by atoms with Gasteiger partial charge in [-0.05, 0) is 24.6 Å². The van der Waals surface area contributed by atoms with E-state index in [9.17, 15) is 4.79 Å². The van der Waals surface area contributed by atoms with Crippen molar-refractivity contribution in [3.63, 3.8) is 0 Å². The van der Waals surface area contributed by atoms with Crippen molar-refractivity contribution in [1.82, 2.24) is 4.90 Å². The van der Waals surface area contributed by atoms with Gasteiger partial charge < -0.3 is 0 Å². The fourth-order valence-corrected chi connectivity index (χ4v) is 3.67. The highest BCUT2D eigenvalue weighted by Gasteiger charge is 2.30. The molecule has 1 aliphatic rings. The van der Waals surface area contributed by atoms with E-state index in [0.717, 1.165) is 10.0 Å². The van der Waals surface area contributed by atoms with Gasteiger partial charge in [-0.1, -0.05) is 70.2 Å². The third-order valence-corrected chi connectivity index (χ3v) is 4.40. The molecule has 0 N–H and O–H groups in total. The Balaban J connectivity index is 2.21. The summed E-state index contributed by atoms with van der Waals surface area (Å²) >= 11 is 9.98. The minimum Gasteiger partial charge on any atom is -0.293 e. The van der Waals surface area contributed by atoms with Crippen molar-refractivity contribution in [2.24, 2.45) is 0 Å². The first kappa shape index (κ1) is 14.5. The fourth-order valence-electron chi connectivity index (χ4n) is 1.65. The van der Waals surface area contributed by atoms with Gasteiger partial charge in [-0.15, -0.1) is 0 Å². The molecular weight excluding hydrogens is 342 g/mol. The Morgan fingerprint density at radius 2 is 2.11 bits per heavy atom. The highest BCUT2D eigenvalue weighted by molar-refractivity contribution is 9.12. The molecule has 1 amide bonds. The first-order chi connectivity index (χ1) is 9.11. The van der Waals surface area contributed by atoms with Crippen molar-refractivity contribution in [2.75, 3.05) is 6.54 Å². The largest absolute Gasteiger partial charge is 0.293 e. The number of thiocarbonyl (C=S) groups is 1. The smallest absolute Gasteiger partial charge is 0.266 e. The van der Waals surface area contributed by atoms with E-state index in [1.165, 1.54) is 11.8 Å². The van der Waals surface area contributed by atoms with E-state index in [0.29, 0.717) is 15.8 Å². The third kappa shape index (κ3) is 3.55. The number of likely N-dealkylation sites (N-methyl/N-ethyl adjacent to an activating group) is 1. The van der Waals surface area contributed by atoms with E-state index < -0.39 is 0 Å². The van der Waals surface area contributed by atoms with Gasteiger partial charge in [0.15, 0.2) is 0 Å². The first-order valence-electron chi connectivity index (χ1n) is 5.79. The van der Waals surface area contributed by atoms with Crippen molar-refractivity contribution < 1.29 is 4.79 Å². The lowest BCUT2D eigenvalue weighted by molar-refractivity contribution is -0.122. The maximum absolute atomic E-state index is 12.0. The van der Waals surface area contributed by atoms with Crippen LogP contribution < -0.4 is 0 Å². The number of amides is 1. The molecule has 0 atom stereocenters. The van der Waals surface area contributed by atoms with Crippen molar-refractivity contribution in [3.8, 4) is 0 Å². The van der Waals surface area contributed by atoms with Gasteiger partial charge in [0.1, 0.15) is 4.32 Å². The number of halogens is 1. The van der Waals surface area contributed by atoms with Crippen LogP contribution in [0.3, 0.4) is 0 Å². The Bertz CT molecular complexity index is 566. The zero-order chi connectivity index (χ0) is 13.8. The van der Waals surface area contributed by atoms with Gasteiger partial charge in [-0.2, -0.15) is 0 Å². The number of hydrogen-bond donors (Lipinski definition) is 0. The Hall–Kier alpha value is -0.910. The number of benzene rings is 1. The normalized spacial score (nSPS) is 18.5. The minimum atomic E-state index is -0.0177. The number of carbonyl (C=O) groups excluding carboxylic acids is 1. The first-order valence-corrected chi connectivity index (χ1v) is 7.81. The van der Waals surface area contributed by atoms with Crippen LogP contribution in [-0.4, -0.2) is 21.7 Å². The van der Waals surface area contributed by atoms with Crippen LogP contribution in [0.1, 0.15) is 12.5 Å². The summed E-state index contributed by atoms with van der Waals surface area (Å²) in [6.45, 7) is 2.53. The SMILES string of the molecule is CCN1C(=O)C(=C/C(Br)=C/c2ccccc2)SC1=S. The highest BCUT2D eigenvalue weighted by atomic mass is 79.9.